The van der Waals surface area contributed by atoms with Crippen molar-refractivity contribution in [2.75, 3.05) is 6.54 Å². The second-order valence-electron chi connectivity index (χ2n) is 5.17. The number of nitrogens with two attached hydrogens (primary N) is 1. The Hall–Kier alpha value is -1.26. The van der Waals surface area contributed by atoms with Crippen LogP contribution in [0, 0.1) is 6.92 Å². The highest BCUT2D eigenvalue weighted by Gasteiger charge is 2.34. The van der Waals surface area contributed by atoms with Crippen molar-refractivity contribution in [1.82, 2.24) is 5.32 Å². The van der Waals surface area contributed by atoms with Crippen LogP contribution in [-0.4, -0.2) is 23.1 Å². The van der Waals surface area contributed by atoms with E-state index in [2.05, 4.69) is 5.32 Å². The molecule has 0 atom stereocenters. The fourth-order valence-electron chi connectivity index (χ4n) is 2.57. The van der Waals surface area contributed by atoms with Crippen LogP contribution in [0.15, 0.2) is 18.2 Å². The molecule has 1 saturated carbocycles. The van der Waals surface area contributed by atoms with Crippen LogP contribution in [0.4, 0.5) is 0 Å². The number of hydrogen-bond acceptors (Lipinski definition) is 3. The molecule has 0 heterocycles. The summed E-state index contributed by atoms with van der Waals surface area (Å²) in [7, 11) is 0. The number of rotatable bonds is 3. The van der Waals surface area contributed by atoms with Gasteiger partial charge in [-0.05, 0) is 31.9 Å². The Bertz CT molecular complexity index is 457. The zero-order chi connectivity index (χ0) is 13.2. The van der Waals surface area contributed by atoms with Gasteiger partial charge in [0.05, 0.1) is 11.1 Å². The third kappa shape index (κ3) is 3.39. The highest BCUT2D eigenvalue weighted by Crippen LogP contribution is 2.29. The van der Waals surface area contributed by atoms with Crippen LogP contribution in [0.1, 0.15) is 41.6 Å². The van der Waals surface area contributed by atoms with E-state index in [1.165, 1.54) is 0 Å². The molecular weight excluding hydrogens is 264 g/mol. The SMILES string of the molecule is Cc1ccc(O)c(C(=O)NC2(CN)CCCC2)c1.Cl. The topological polar surface area (TPSA) is 75.3 Å². The summed E-state index contributed by atoms with van der Waals surface area (Å²) in [4.78, 5) is 12.2. The number of aromatic hydroxyl groups is 1. The molecule has 106 valence electrons. The molecule has 0 saturated heterocycles. The van der Waals surface area contributed by atoms with E-state index in [1.54, 1.807) is 18.2 Å². The highest BCUT2D eigenvalue weighted by atomic mass is 35.5. The maximum atomic E-state index is 12.2. The Balaban J connectivity index is 0.00000180. The van der Waals surface area contributed by atoms with E-state index >= 15 is 0 Å². The Labute approximate surface area is 119 Å². The molecule has 1 aliphatic rings. The number of phenols is 1. The van der Waals surface area contributed by atoms with Crippen molar-refractivity contribution in [3.05, 3.63) is 29.3 Å². The number of halogens is 1. The van der Waals surface area contributed by atoms with Crippen LogP contribution >= 0.6 is 12.4 Å². The van der Waals surface area contributed by atoms with E-state index in [-0.39, 0.29) is 29.6 Å². The molecule has 1 aromatic rings. The summed E-state index contributed by atoms with van der Waals surface area (Å²) in [6.45, 7) is 2.34. The van der Waals surface area contributed by atoms with E-state index in [1.807, 2.05) is 6.92 Å². The number of benzene rings is 1. The van der Waals surface area contributed by atoms with E-state index in [0.717, 1.165) is 31.2 Å². The van der Waals surface area contributed by atoms with Gasteiger partial charge in [-0.1, -0.05) is 24.5 Å². The van der Waals surface area contributed by atoms with Crippen LogP contribution in [0.2, 0.25) is 0 Å². The number of aryl methyl sites for hydroxylation is 1. The lowest BCUT2D eigenvalue weighted by Crippen LogP contribution is -2.51. The fraction of sp³-hybridized carbons (Fsp3) is 0.500. The van der Waals surface area contributed by atoms with Gasteiger partial charge in [-0.3, -0.25) is 4.79 Å². The minimum absolute atomic E-state index is 0. The van der Waals surface area contributed by atoms with Gasteiger partial charge in [-0.2, -0.15) is 0 Å². The number of nitrogens with one attached hydrogen (secondary N) is 1. The fourth-order valence-corrected chi connectivity index (χ4v) is 2.57. The molecule has 0 unspecified atom stereocenters. The molecule has 0 spiro atoms. The van der Waals surface area contributed by atoms with Crippen molar-refractivity contribution in [3.63, 3.8) is 0 Å². The summed E-state index contributed by atoms with van der Waals surface area (Å²) in [6, 6.07) is 5.03. The van der Waals surface area contributed by atoms with Crippen LogP contribution in [0.3, 0.4) is 0 Å². The van der Waals surface area contributed by atoms with Gasteiger partial charge in [-0.15, -0.1) is 12.4 Å². The number of hydrogen-bond donors (Lipinski definition) is 3. The first-order chi connectivity index (χ1) is 8.56. The maximum absolute atomic E-state index is 12.2. The van der Waals surface area contributed by atoms with Crippen molar-refractivity contribution in [3.8, 4) is 5.75 Å². The number of carbonyl (C=O) groups excluding carboxylic acids is 1. The minimum atomic E-state index is -0.284. The van der Waals surface area contributed by atoms with E-state index in [9.17, 15) is 9.90 Å². The van der Waals surface area contributed by atoms with Gasteiger partial charge < -0.3 is 16.2 Å². The predicted octanol–water partition coefficient (Wildman–Crippen LogP) is 2.12. The lowest BCUT2D eigenvalue weighted by atomic mass is 9.97. The van der Waals surface area contributed by atoms with Crippen molar-refractivity contribution < 1.29 is 9.90 Å². The third-order valence-corrected chi connectivity index (χ3v) is 3.73. The van der Waals surface area contributed by atoms with Crippen molar-refractivity contribution in [2.24, 2.45) is 5.73 Å². The molecule has 1 aromatic carbocycles. The molecular formula is C14H21ClN2O2. The average molecular weight is 285 g/mol. The molecule has 1 amide bonds. The largest absolute Gasteiger partial charge is 0.507 e. The smallest absolute Gasteiger partial charge is 0.255 e. The van der Waals surface area contributed by atoms with Crippen LogP contribution in [0.5, 0.6) is 5.75 Å². The molecule has 19 heavy (non-hydrogen) atoms. The third-order valence-electron chi connectivity index (χ3n) is 3.73. The molecule has 4 N–H and O–H groups in total. The second-order valence-corrected chi connectivity index (χ2v) is 5.17. The molecule has 0 radical (unpaired) electrons. The second kappa shape index (κ2) is 6.26. The first-order valence-corrected chi connectivity index (χ1v) is 6.38. The Kier molecular flexibility index (Phi) is 5.20. The van der Waals surface area contributed by atoms with Crippen LogP contribution in [0.25, 0.3) is 0 Å². The van der Waals surface area contributed by atoms with E-state index < -0.39 is 0 Å². The molecule has 0 bridgehead atoms. The minimum Gasteiger partial charge on any atom is -0.507 e. The summed E-state index contributed by atoms with van der Waals surface area (Å²) in [6.07, 6.45) is 4.03. The summed E-state index contributed by atoms with van der Waals surface area (Å²) < 4.78 is 0. The van der Waals surface area contributed by atoms with Gasteiger partial charge in [-0.25, -0.2) is 0 Å². The van der Waals surface area contributed by atoms with Crippen molar-refractivity contribution >= 4 is 18.3 Å². The molecule has 1 fully saturated rings. The molecule has 0 aliphatic heterocycles. The first kappa shape index (κ1) is 15.8. The van der Waals surface area contributed by atoms with Gasteiger partial charge in [0.25, 0.3) is 5.91 Å². The average Bonchev–Trinajstić information content (AvgIpc) is 2.81. The summed E-state index contributed by atoms with van der Waals surface area (Å²) in [5.74, 6) is -0.216. The molecule has 0 aromatic heterocycles. The first-order valence-electron chi connectivity index (χ1n) is 6.38. The number of carbonyl (C=O) groups is 1. The van der Waals surface area contributed by atoms with Gasteiger partial charge in [0.1, 0.15) is 5.75 Å². The van der Waals surface area contributed by atoms with Crippen molar-refractivity contribution in [2.45, 2.75) is 38.1 Å². The Morgan fingerprint density at radius 1 is 1.42 bits per heavy atom. The molecule has 4 nitrogen and oxygen atoms in total. The van der Waals surface area contributed by atoms with Crippen LogP contribution < -0.4 is 11.1 Å². The molecule has 5 heteroatoms. The lowest BCUT2D eigenvalue weighted by Gasteiger charge is -2.28. The summed E-state index contributed by atoms with van der Waals surface area (Å²) >= 11 is 0. The quantitative estimate of drug-likeness (QED) is 0.796. The van der Waals surface area contributed by atoms with Crippen LogP contribution in [-0.2, 0) is 0 Å². The number of amides is 1. The summed E-state index contributed by atoms with van der Waals surface area (Å²) in [5.41, 5.74) is 6.78. The lowest BCUT2D eigenvalue weighted by molar-refractivity contribution is 0.0900. The van der Waals surface area contributed by atoms with Gasteiger partial charge in [0.15, 0.2) is 0 Å². The van der Waals surface area contributed by atoms with Crippen molar-refractivity contribution in [1.29, 1.82) is 0 Å². The molecule has 1 aliphatic carbocycles. The Morgan fingerprint density at radius 3 is 2.63 bits per heavy atom. The standard InChI is InChI=1S/C14H20N2O2.ClH/c1-10-4-5-12(17)11(8-10)13(18)16-14(9-15)6-2-3-7-14;/h4-5,8,17H,2-3,6-7,9,15H2,1H3,(H,16,18);1H. The maximum Gasteiger partial charge on any atom is 0.255 e. The molecule has 2 rings (SSSR count). The highest BCUT2D eigenvalue weighted by molar-refractivity contribution is 5.97. The monoisotopic (exact) mass is 284 g/mol. The van der Waals surface area contributed by atoms with Gasteiger partial charge >= 0.3 is 0 Å². The summed E-state index contributed by atoms with van der Waals surface area (Å²) in [5, 5.41) is 12.7. The normalized spacial score (nSPS) is 16.7. The zero-order valence-electron chi connectivity index (χ0n) is 11.1. The van der Waals surface area contributed by atoms with Gasteiger partial charge in [0.2, 0.25) is 0 Å². The predicted molar refractivity (Wildman–Crippen MR) is 77.8 cm³/mol. The van der Waals surface area contributed by atoms with E-state index in [4.69, 9.17) is 5.73 Å². The van der Waals surface area contributed by atoms with Gasteiger partial charge in [0, 0.05) is 6.54 Å². The number of phenolic OH excluding ortho intramolecular Hbond substituents is 1. The van der Waals surface area contributed by atoms with E-state index in [0.29, 0.717) is 12.1 Å². The Morgan fingerprint density at radius 2 is 2.05 bits per heavy atom. The zero-order valence-corrected chi connectivity index (χ0v) is 11.9.